The molecule has 1 unspecified atom stereocenters. The van der Waals surface area contributed by atoms with E-state index in [1.54, 1.807) is 38.4 Å². The minimum Gasteiger partial charge on any atom is -0.442 e. The molecule has 6 rings (SSSR count). The molecular weight excluding hydrogens is 805 g/mol. The summed E-state index contributed by atoms with van der Waals surface area (Å²) < 4.78 is 33.1. The summed E-state index contributed by atoms with van der Waals surface area (Å²) in [5, 5.41) is 34.0. The molecule has 2 aromatic carbocycles. The quantitative estimate of drug-likeness (QED) is 0.0272. The van der Waals surface area contributed by atoms with Crippen LogP contribution in [0.5, 0.6) is 0 Å². The molecule has 0 spiro atoms. The molecule has 2 N–H and O–H groups in total. The summed E-state index contributed by atoms with van der Waals surface area (Å²) in [7, 11) is 2.31. The van der Waals surface area contributed by atoms with E-state index in [1.807, 2.05) is 84.6 Å². The maximum atomic E-state index is 12.3. The first kappa shape index (κ1) is 44.9. The molecule has 0 amide bonds. The molecule has 0 saturated heterocycles. The Kier molecular flexibility index (Phi) is 20.0. The van der Waals surface area contributed by atoms with Crippen LogP contribution < -0.4 is 0 Å². The second kappa shape index (κ2) is 25.4. The van der Waals surface area contributed by atoms with Crippen molar-refractivity contribution in [3.63, 3.8) is 0 Å². The number of thioether (sulfide) groups is 3. The van der Waals surface area contributed by atoms with Gasteiger partial charge in [-0.2, -0.15) is 22.3 Å². The summed E-state index contributed by atoms with van der Waals surface area (Å²) in [5.74, 6) is 2.67. The van der Waals surface area contributed by atoms with Crippen molar-refractivity contribution < 1.29 is 33.0 Å². The molecule has 13 nitrogen and oxygen atoms in total. The number of oxazole rings is 2. The standard InChI is InChI=1S/C20H19N3O3S2.C20H19N3O2S2.H2O2/c1-25-8-5-9-28(24)14-27-20-17(11-21)16(15-6-3-2-4-7-15)10-18(23-20)19-12-22-13-26-19;1-24-8-5-9-26-14-27-20-17(11-21)16(15-6-3-2-4-7-15)10-18(23-20)19-12-22-13-25-19;1-2/h2-4,6-7,10,12-13H,5,8-9,14H2,1H3;2-4,6-7,10,12-13H,5,8-9,14H2,1H3;1-2H. The van der Waals surface area contributed by atoms with Crippen molar-refractivity contribution in [2.75, 3.05) is 49.1 Å². The Balaban J connectivity index is 0.000000242. The monoisotopic (exact) mass is 844 g/mol. The van der Waals surface area contributed by atoms with Gasteiger partial charge >= 0.3 is 0 Å². The van der Waals surface area contributed by atoms with Gasteiger partial charge in [0.05, 0.1) is 28.6 Å². The largest absolute Gasteiger partial charge is 0.442 e. The average Bonchev–Trinajstić information content (AvgIpc) is 4.02. The first-order chi connectivity index (χ1) is 28.1. The van der Waals surface area contributed by atoms with Crippen molar-refractivity contribution in [2.24, 2.45) is 0 Å². The molecule has 0 fully saturated rings. The molecule has 0 aliphatic heterocycles. The number of hydrogen-bond acceptors (Lipinski definition) is 16. The number of benzene rings is 2. The van der Waals surface area contributed by atoms with Crippen LogP contribution in [0.25, 0.3) is 45.2 Å². The molecule has 4 aromatic heterocycles. The highest BCUT2D eigenvalue weighted by molar-refractivity contribution is 8.16. The first-order valence-corrected chi connectivity index (χ1v) is 21.8. The predicted octanol–water partition coefficient (Wildman–Crippen LogP) is 9.22. The lowest BCUT2D eigenvalue weighted by molar-refractivity contribution is -0.176. The fourth-order valence-electron chi connectivity index (χ4n) is 5.10. The van der Waals surface area contributed by atoms with Gasteiger partial charge < -0.3 is 18.3 Å². The number of methoxy groups -OCH3 is 2. The number of aromatic nitrogens is 4. The lowest BCUT2D eigenvalue weighted by Crippen LogP contribution is -2.04. The Hall–Kier alpha value is -4.82. The van der Waals surface area contributed by atoms with E-state index in [4.69, 9.17) is 28.8 Å². The lowest BCUT2D eigenvalue weighted by atomic mass is 10.0. The maximum absolute atomic E-state index is 12.3. The first-order valence-electron chi connectivity index (χ1n) is 17.2. The zero-order chi connectivity index (χ0) is 40.7. The zero-order valence-electron chi connectivity index (χ0n) is 31.1. The Bertz CT molecular complexity index is 2180. The van der Waals surface area contributed by atoms with Gasteiger partial charge in [-0.1, -0.05) is 84.2 Å². The molecule has 17 heteroatoms. The molecule has 296 valence electrons. The van der Waals surface area contributed by atoms with E-state index in [9.17, 15) is 14.7 Å². The Labute approximate surface area is 346 Å². The van der Waals surface area contributed by atoms with E-state index in [2.05, 4.69) is 32.1 Å². The van der Waals surface area contributed by atoms with Crippen LogP contribution in [-0.2, 0) is 20.3 Å². The molecule has 1 atom stereocenters. The van der Waals surface area contributed by atoms with Crippen molar-refractivity contribution in [1.29, 1.82) is 10.5 Å². The number of ether oxygens (including phenoxy) is 2. The number of nitriles is 2. The third-order valence-corrected chi connectivity index (χ3v) is 12.8. The minimum absolute atomic E-state index is 0.361. The molecule has 0 aliphatic rings. The van der Waals surface area contributed by atoms with Crippen LogP contribution in [0.15, 0.2) is 117 Å². The van der Waals surface area contributed by atoms with Gasteiger partial charge in [-0.25, -0.2) is 19.9 Å². The highest BCUT2D eigenvalue weighted by Gasteiger charge is 2.19. The Morgan fingerprint density at radius 2 is 1.23 bits per heavy atom. The van der Waals surface area contributed by atoms with Crippen LogP contribution >= 0.6 is 35.3 Å². The summed E-state index contributed by atoms with van der Waals surface area (Å²) in [5.41, 5.74) is 5.82. The molecule has 0 aliphatic carbocycles. The highest BCUT2D eigenvalue weighted by atomic mass is 32.2. The van der Waals surface area contributed by atoms with Crippen LogP contribution in [0.1, 0.15) is 24.0 Å². The second-order valence-electron chi connectivity index (χ2n) is 11.4. The topological polar surface area (TPSA) is 201 Å². The van der Waals surface area contributed by atoms with Crippen LogP contribution in [0, 0.1) is 22.7 Å². The SMILES string of the molecule is COCCCS(=O)CSc1nc(-c2cnco2)cc(-c2ccccc2)c1C#N.COCCCSCSc1nc(-c2cnco2)cc(-c2ccccc2)c1C#N.OO. The summed E-state index contributed by atoms with van der Waals surface area (Å²) in [6, 6.07) is 27.8. The molecule has 6 aromatic rings. The minimum atomic E-state index is -1.03. The van der Waals surface area contributed by atoms with Gasteiger partial charge in [0, 0.05) is 60.2 Å². The Morgan fingerprint density at radius 3 is 1.68 bits per heavy atom. The smallest absolute Gasteiger partial charge is 0.181 e. The number of nitrogens with zero attached hydrogens (tertiary/aromatic N) is 6. The molecule has 0 radical (unpaired) electrons. The molecule has 0 bridgehead atoms. The van der Waals surface area contributed by atoms with E-state index in [1.165, 1.54) is 24.5 Å². The summed E-state index contributed by atoms with van der Waals surface area (Å²) in [4.78, 5) is 17.2. The second-order valence-corrected chi connectivity index (χ2v) is 16.8. The fourth-order valence-corrected chi connectivity index (χ4v) is 9.48. The average molecular weight is 845 g/mol. The van der Waals surface area contributed by atoms with Gasteiger partial charge in [-0.05, 0) is 41.9 Å². The van der Waals surface area contributed by atoms with E-state index < -0.39 is 10.8 Å². The zero-order valence-corrected chi connectivity index (χ0v) is 34.4. The summed E-state index contributed by atoms with van der Waals surface area (Å²) >= 11 is 4.71. The van der Waals surface area contributed by atoms with E-state index in [0.29, 0.717) is 61.5 Å². The predicted molar refractivity (Wildman–Crippen MR) is 225 cm³/mol. The van der Waals surface area contributed by atoms with Crippen molar-refractivity contribution in [3.8, 4) is 57.3 Å². The van der Waals surface area contributed by atoms with E-state index in [-0.39, 0.29) is 0 Å². The van der Waals surface area contributed by atoms with Gasteiger partial charge in [0.25, 0.3) is 0 Å². The summed E-state index contributed by atoms with van der Waals surface area (Å²) in [6.07, 6.45) is 7.69. The van der Waals surface area contributed by atoms with Gasteiger partial charge in [0.2, 0.25) is 0 Å². The van der Waals surface area contributed by atoms with Gasteiger partial charge in [-0.15, -0.1) is 0 Å². The molecule has 57 heavy (non-hydrogen) atoms. The lowest BCUT2D eigenvalue weighted by Gasteiger charge is -2.11. The maximum Gasteiger partial charge on any atom is 0.181 e. The van der Waals surface area contributed by atoms with Crippen LogP contribution in [0.3, 0.4) is 0 Å². The highest BCUT2D eigenvalue weighted by Crippen LogP contribution is 2.36. The van der Waals surface area contributed by atoms with Gasteiger partial charge in [-0.3, -0.25) is 14.7 Å². The van der Waals surface area contributed by atoms with E-state index in [0.717, 1.165) is 52.5 Å². The van der Waals surface area contributed by atoms with Gasteiger partial charge in [0.15, 0.2) is 24.3 Å². The Morgan fingerprint density at radius 1 is 0.737 bits per heavy atom. The van der Waals surface area contributed by atoms with Crippen molar-refractivity contribution >= 4 is 46.1 Å². The van der Waals surface area contributed by atoms with Crippen LogP contribution in [0.2, 0.25) is 0 Å². The third-order valence-electron chi connectivity index (χ3n) is 7.70. The van der Waals surface area contributed by atoms with Crippen molar-refractivity contribution in [3.05, 3.63) is 109 Å². The van der Waals surface area contributed by atoms with Crippen molar-refractivity contribution in [2.45, 2.75) is 22.9 Å². The molecular formula is C40H40N6O7S4. The normalized spacial score (nSPS) is 11.0. The summed E-state index contributed by atoms with van der Waals surface area (Å²) in [6.45, 7) is 1.34. The van der Waals surface area contributed by atoms with Crippen molar-refractivity contribution in [1.82, 2.24) is 19.9 Å². The fraction of sp³-hybridized carbons (Fsp3) is 0.250. The number of pyridine rings is 2. The van der Waals surface area contributed by atoms with Gasteiger partial charge in [0.1, 0.15) is 33.6 Å². The van der Waals surface area contributed by atoms with E-state index >= 15 is 0 Å². The van der Waals surface area contributed by atoms with Crippen LogP contribution in [0.4, 0.5) is 0 Å². The van der Waals surface area contributed by atoms with Crippen LogP contribution in [-0.4, -0.2) is 83.8 Å². The third kappa shape index (κ3) is 13.7. The molecule has 0 saturated carbocycles. The number of rotatable bonds is 18. The number of hydrogen-bond donors (Lipinski definition) is 2. The molecule has 4 heterocycles.